The van der Waals surface area contributed by atoms with Crippen molar-refractivity contribution in [3.05, 3.63) is 70.2 Å². The van der Waals surface area contributed by atoms with Crippen molar-refractivity contribution in [2.75, 3.05) is 5.32 Å². The van der Waals surface area contributed by atoms with E-state index < -0.39 is 5.91 Å². The molecular formula is C19H19N3OS. The lowest BCUT2D eigenvalue weighted by Crippen LogP contribution is -2.13. The van der Waals surface area contributed by atoms with Crippen LogP contribution in [0.3, 0.4) is 0 Å². The molecule has 0 atom stereocenters. The fourth-order valence-corrected chi connectivity index (χ4v) is 3.57. The standard InChI is InChI=1S/C19H19N3OS/c1-12-15(18(20)23)9-6-10-16(12)21-11-17-13(2)22-19(24-17)14-7-4-3-5-8-14/h3-10,21H,11H2,1-2H3,(H2,20,23). The quantitative estimate of drug-likeness (QED) is 0.735. The molecule has 1 amide bonds. The van der Waals surface area contributed by atoms with Crippen LogP contribution in [-0.2, 0) is 6.54 Å². The molecule has 0 aliphatic rings. The molecule has 3 N–H and O–H groups in total. The molecule has 0 aliphatic carbocycles. The molecule has 0 spiro atoms. The van der Waals surface area contributed by atoms with Gasteiger partial charge < -0.3 is 11.1 Å². The van der Waals surface area contributed by atoms with Crippen molar-refractivity contribution in [2.24, 2.45) is 5.73 Å². The first-order valence-corrected chi connectivity index (χ1v) is 8.53. The molecule has 0 aliphatic heterocycles. The van der Waals surface area contributed by atoms with E-state index in [2.05, 4.69) is 22.4 Å². The summed E-state index contributed by atoms with van der Waals surface area (Å²) in [6.07, 6.45) is 0. The van der Waals surface area contributed by atoms with Crippen molar-refractivity contribution in [3.63, 3.8) is 0 Å². The highest BCUT2D eigenvalue weighted by Crippen LogP contribution is 2.29. The smallest absolute Gasteiger partial charge is 0.249 e. The van der Waals surface area contributed by atoms with Crippen LogP contribution in [0.4, 0.5) is 5.69 Å². The number of thiazole rings is 1. The minimum Gasteiger partial charge on any atom is -0.380 e. The lowest BCUT2D eigenvalue weighted by Gasteiger charge is -2.11. The maximum atomic E-state index is 11.4. The number of aromatic nitrogens is 1. The zero-order valence-electron chi connectivity index (χ0n) is 13.7. The number of rotatable bonds is 5. The summed E-state index contributed by atoms with van der Waals surface area (Å²) < 4.78 is 0. The highest BCUT2D eigenvalue weighted by atomic mass is 32.1. The summed E-state index contributed by atoms with van der Waals surface area (Å²) in [7, 11) is 0. The number of nitrogens with one attached hydrogen (secondary N) is 1. The van der Waals surface area contributed by atoms with Crippen LogP contribution in [-0.4, -0.2) is 10.9 Å². The lowest BCUT2D eigenvalue weighted by atomic mass is 10.1. The fraction of sp³-hybridized carbons (Fsp3) is 0.158. The Kier molecular flexibility index (Phi) is 4.62. The predicted molar refractivity (Wildman–Crippen MR) is 99.3 cm³/mol. The van der Waals surface area contributed by atoms with Gasteiger partial charge >= 0.3 is 0 Å². The van der Waals surface area contributed by atoms with Gasteiger partial charge in [0.05, 0.1) is 12.2 Å². The van der Waals surface area contributed by atoms with Gasteiger partial charge in [0.15, 0.2) is 0 Å². The summed E-state index contributed by atoms with van der Waals surface area (Å²) in [4.78, 5) is 17.3. The van der Waals surface area contributed by atoms with Crippen LogP contribution in [0.2, 0.25) is 0 Å². The number of aryl methyl sites for hydroxylation is 1. The van der Waals surface area contributed by atoms with Crippen molar-refractivity contribution in [1.29, 1.82) is 0 Å². The average molecular weight is 337 g/mol. The number of hydrogen-bond donors (Lipinski definition) is 2. The Bertz CT molecular complexity index is 872. The molecule has 122 valence electrons. The van der Waals surface area contributed by atoms with E-state index in [-0.39, 0.29) is 0 Å². The van der Waals surface area contributed by atoms with Crippen molar-refractivity contribution in [1.82, 2.24) is 4.98 Å². The number of primary amides is 1. The minimum absolute atomic E-state index is 0.406. The summed E-state index contributed by atoms with van der Waals surface area (Å²) in [5.74, 6) is -0.406. The normalized spacial score (nSPS) is 10.6. The number of carbonyl (C=O) groups excluding carboxylic acids is 1. The summed E-state index contributed by atoms with van der Waals surface area (Å²) in [5.41, 5.74) is 9.89. The lowest BCUT2D eigenvalue weighted by molar-refractivity contribution is 0.1000. The van der Waals surface area contributed by atoms with E-state index >= 15 is 0 Å². The van der Waals surface area contributed by atoms with Gasteiger partial charge in [-0.15, -0.1) is 11.3 Å². The van der Waals surface area contributed by atoms with Gasteiger partial charge in [0.25, 0.3) is 0 Å². The molecule has 2 aromatic carbocycles. The van der Waals surface area contributed by atoms with Crippen molar-refractivity contribution in [3.8, 4) is 10.6 Å². The van der Waals surface area contributed by atoms with Gasteiger partial charge in [0.2, 0.25) is 5.91 Å². The van der Waals surface area contributed by atoms with Crippen LogP contribution < -0.4 is 11.1 Å². The molecule has 24 heavy (non-hydrogen) atoms. The molecule has 1 heterocycles. The van der Waals surface area contributed by atoms with Crippen LogP contribution in [0.5, 0.6) is 0 Å². The Hall–Kier alpha value is -2.66. The second-order valence-corrected chi connectivity index (χ2v) is 6.67. The first-order chi connectivity index (χ1) is 11.6. The number of hydrogen-bond acceptors (Lipinski definition) is 4. The Morgan fingerprint density at radius 3 is 2.58 bits per heavy atom. The second kappa shape index (κ2) is 6.84. The van der Waals surface area contributed by atoms with Crippen LogP contribution in [0.15, 0.2) is 48.5 Å². The van der Waals surface area contributed by atoms with Gasteiger partial charge in [-0.3, -0.25) is 4.79 Å². The molecule has 0 fully saturated rings. The van der Waals surface area contributed by atoms with Gasteiger partial charge in [0, 0.05) is 21.7 Å². The van der Waals surface area contributed by atoms with Gasteiger partial charge in [-0.25, -0.2) is 4.98 Å². The summed E-state index contributed by atoms with van der Waals surface area (Å²) in [6.45, 7) is 4.59. The monoisotopic (exact) mass is 337 g/mol. The van der Waals surface area contributed by atoms with E-state index in [1.165, 1.54) is 4.88 Å². The van der Waals surface area contributed by atoms with Crippen molar-refractivity contribution < 1.29 is 4.79 Å². The van der Waals surface area contributed by atoms with Crippen LogP contribution in [0.25, 0.3) is 10.6 Å². The SMILES string of the molecule is Cc1nc(-c2ccccc2)sc1CNc1cccc(C(N)=O)c1C. The topological polar surface area (TPSA) is 68.0 Å². The van der Waals surface area contributed by atoms with Gasteiger partial charge in [-0.05, 0) is 31.5 Å². The van der Waals surface area contributed by atoms with E-state index in [4.69, 9.17) is 5.73 Å². The summed E-state index contributed by atoms with van der Waals surface area (Å²) in [5, 5.41) is 4.41. The highest BCUT2D eigenvalue weighted by molar-refractivity contribution is 7.15. The summed E-state index contributed by atoms with van der Waals surface area (Å²) in [6, 6.07) is 15.7. The Morgan fingerprint density at radius 1 is 1.12 bits per heavy atom. The van der Waals surface area contributed by atoms with E-state index in [9.17, 15) is 4.79 Å². The van der Waals surface area contributed by atoms with Gasteiger partial charge in [-0.2, -0.15) is 0 Å². The Labute approximate surface area is 145 Å². The van der Waals surface area contributed by atoms with Crippen LogP contribution in [0.1, 0.15) is 26.5 Å². The molecule has 0 saturated heterocycles. The largest absolute Gasteiger partial charge is 0.380 e. The molecule has 4 nitrogen and oxygen atoms in total. The molecule has 0 saturated carbocycles. The van der Waals surface area contributed by atoms with Crippen LogP contribution in [0, 0.1) is 13.8 Å². The molecule has 0 radical (unpaired) electrons. The third kappa shape index (κ3) is 3.31. The number of amides is 1. The summed E-state index contributed by atoms with van der Waals surface area (Å²) >= 11 is 1.68. The zero-order valence-corrected chi connectivity index (χ0v) is 14.5. The van der Waals surface area contributed by atoms with Crippen LogP contribution >= 0.6 is 11.3 Å². The maximum Gasteiger partial charge on any atom is 0.249 e. The van der Waals surface area contributed by atoms with Gasteiger partial charge in [0.1, 0.15) is 5.01 Å². The van der Waals surface area contributed by atoms with E-state index in [1.807, 2.05) is 44.2 Å². The number of carbonyl (C=O) groups is 1. The van der Waals surface area contributed by atoms with E-state index in [0.29, 0.717) is 12.1 Å². The second-order valence-electron chi connectivity index (χ2n) is 5.59. The minimum atomic E-state index is -0.406. The number of nitrogens with two attached hydrogens (primary N) is 1. The molecule has 3 rings (SSSR count). The molecule has 0 bridgehead atoms. The predicted octanol–water partition coefficient (Wildman–Crippen LogP) is 4.14. The molecular weight excluding hydrogens is 318 g/mol. The third-order valence-corrected chi connectivity index (χ3v) is 5.16. The first kappa shape index (κ1) is 16.2. The first-order valence-electron chi connectivity index (χ1n) is 7.71. The number of nitrogens with zero attached hydrogens (tertiary/aromatic N) is 1. The van der Waals surface area contributed by atoms with Crippen molar-refractivity contribution in [2.45, 2.75) is 20.4 Å². The molecule has 0 unspecified atom stereocenters. The molecule has 3 aromatic rings. The highest BCUT2D eigenvalue weighted by Gasteiger charge is 2.11. The van der Waals surface area contributed by atoms with Gasteiger partial charge in [-0.1, -0.05) is 36.4 Å². The van der Waals surface area contributed by atoms with E-state index in [1.54, 1.807) is 17.4 Å². The zero-order chi connectivity index (χ0) is 17.1. The number of benzene rings is 2. The number of anilines is 1. The maximum absolute atomic E-state index is 11.4. The molecule has 5 heteroatoms. The fourth-order valence-electron chi connectivity index (χ4n) is 2.57. The van der Waals surface area contributed by atoms with E-state index in [0.717, 1.165) is 27.5 Å². The Balaban J connectivity index is 1.80. The Morgan fingerprint density at radius 2 is 1.88 bits per heavy atom. The van der Waals surface area contributed by atoms with Crippen molar-refractivity contribution >= 4 is 22.9 Å². The average Bonchev–Trinajstić information content (AvgIpc) is 2.95. The molecule has 1 aromatic heterocycles. The third-order valence-electron chi connectivity index (χ3n) is 3.95.